The van der Waals surface area contributed by atoms with E-state index in [-0.39, 0.29) is 5.88 Å². The van der Waals surface area contributed by atoms with Gasteiger partial charge in [-0.1, -0.05) is 36.4 Å². The van der Waals surface area contributed by atoms with E-state index in [0.29, 0.717) is 5.75 Å². The van der Waals surface area contributed by atoms with Gasteiger partial charge in [-0.3, -0.25) is 0 Å². The molecule has 0 bridgehead atoms. The number of carboxylic acid groups (broad SMARTS) is 1. The molecule has 3 aromatic rings. The van der Waals surface area contributed by atoms with Gasteiger partial charge in [-0.2, -0.15) is 0 Å². The third-order valence-corrected chi connectivity index (χ3v) is 3.32. The van der Waals surface area contributed by atoms with Gasteiger partial charge < -0.3 is 14.6 Å². The molecule has 3 rings (SSSR count). The van der Waals surface area contributed by atoms with Crippen LogP contribution >= 0.6 is 0 Å². The number of aromatic nitrogens is 1. The van der Waals surface area contributed by atoms with Crippen LogP contribution in [-0.2, 0) is 4.79 Å². The molecule has 0 spiro atoms. The van der Waals surface area contributed by atoms with E-state index in [4.69, 9.17) is 9.47 Å². The summed E-state index contributed by atoms with van der Waals surface area (Å²) in [6.45, 7) is 1.35. The van der Waals surface area contributed by atoms with Crippen LogP contribution in [0.5, 0.6) is 11.6 Å². The summed E-state index contributed by atoms with van der Waals surface area (Å²) in [5, 5.41) is 10.4. The van der Waals surface area contributed by atoms with Gasteiger partial charge in [0.25, 0.3) is 0 Å². The summed E-state index contributed by atoms with van der Waals surface area (Å²) in [6.07, 6.45) is 0. The van der Waals surface area contributed by atoms with Crippen molar-refractivity contribution < 1.29 is 19.4 Å². The first-order chi connectivity index (χ1) is 11.1. The van der Waals surface area contributed by atoms with Gasteiger partial charge >= 0.3 is 11.8 Å². The summed E-state index contributed by atoms with van der Waals surface area (Å²) in [5.41, 5.74) is 0.720. The van der Waals surface area contributed by atoms with Crippen LogP contribution in [0.4, 0.5) is 0 Å². The van der Waals surface area contributed by atoms with Crippen molar-refractivity contribution in [1.29, 1.82) is 0 Å². The Morgan fingerprint density at radius 1 is 0.957 bits per heavy atom. The maximum atomic E-state index is 11.6. The van der Waals surface area contributed by atoms with E-state index in [1.807, 2.05) is 36.4 Å². The molecule has 0 radical (unpaired) electrons. The summed E-state index contributed by atoms with van der Waals surface area (Å²) in [4.78, 5) is 15.9. The van der Waals surface area contributed by atoms with Gasteiger partial charge in [0.1, 0.15) is 5.75 Å². The van der Waals surface area contributed by atoms with Crippen molar-refractivity contribution >= 4 is 16.9 Å². The summed E-state index contributed by atoms with van der Waals surface area (Å²) in [5.74, 6) is -2.53. The van der Waals surface area contributed by atoms with Crippen LogP contribution in [0.2, 0.25) is 0 Å². The molecule has 5 heteroatoms. The number of rotatable bonds is 5. The van der Waals surface area contributed by atoms with Gasteiger partial charge in [0.15, 0.2) is 0 Å². The van der Waals surface area contributed by atoms with Crippen LogP contribution in [-0.4, -0.2) is 21.8 Å². The van der Waals surface area contributed by atoms with Gasteiger partial charge in [0.2, 0.25) is 5.88 Å². The highest BCUT2D eigenvalue weighted by Gasteiger charge is 2.39. The predicted octanol–water partition coefficient (Wildman–Crippen LogP) is 3.49. The molecular weight excluding hydrogens is 294 g/mol. The molecule has 2 aromatic carbocycles. The van der Waals surface area contributed by atoms with Crippen LogP contribution in [0.1, 0.15) is 6.92 Å². The molecule has 0 fully saturated rings. The number of nitrogens with zero attached hydrogens (tertiary/aromatic N) is 1. The molecule has 1 unspecified atom stereocenters. The number of pyridine rings is 1. The van der Waals surface area contributed by atoms with Crippen LogP contribution < -0.4 is 9.47 Å². The quantitative estimate of drug-likeness (QED) is 0.731. The van der Waals surface area contributed by atoms with Crippen molar-refractivity contribution in [2.45, 2.75) is 12.7 Å². The number of fused-ring (bicyclic) bond motifs is 1. The van der Waals surface area contributed by atoms with Crippen molar-refractivity contribution in [3.05, 3.63) is 66.7 Å². The Bertz CT molecular complexity index is 835. The first-order valence-corrected chi connectivity index (χ1v) is 7.09. The molecule has 0 aliphatic rings. The van der Waals surface area contributed by atoms with E-state index < -0.39 is 11.8 Å². The summed E-state index contributed by atoms with van der Waals surface area (Å²) in [6, 6.07) is 19.6. The number of benzene rings is 2. The van der Waals surface area contributed by atoms with Crippen molar-refractivity contribution in [2.75, 3.05) is 0 Å². The third-order valence-electron chi connectivity index (χ3n) is 3.32. The van der Waals surface area contributed by atoms with Crippen LogP contribution in [0.25, 0.3) is 10.9 Å². The number of hydrogen-bond donors (Lipinski definition) is 1. The average Bonchev–Trinajstić information content (AvgIpc) is 2.55. The second kappa shape index (κ2) is 5.96. The molecule has 1 atom stereocenters. The lowest BCUT2D eigenvalue weighted by Crippen LogP contribution is -2.47. The molecule has 116 valence electrons. The van der Waals surface area contributed by atoms with Gasteiger partial charge in [-0.15, -0.1) is 0 Å². The first kappa shape index (κ1) is 14.8. The lowest BCUT2D eigenvalue weighted by molar-refractivity contribution is -0.181. The predicted molar refractivity (Wildman–Crippen MR) is 85.5 cm³/mol. The largest absolute Gasteiger partial charge is 0.475 e. The van der Waals surface area contributed by atoms with Crippen molar-refractivity contribution in [2.24, 2.45) is 0 Å². The highest BCUT2D eigenvalue weighted by molar-refractivity contribution is 5.79. The fourth-order valence-electron chi connectivity index (χ4n) is 2.13. The molecule has 0 amide bonds. The number of carboxylic acids is 1. The molecule has 1 N–H and O–H groups in total. The second-order valence-corrected chi connectivity index (χ2v) is 5.11. The molecule has 0 saturated carbocycles. The Labute approximate surface area is 133 Å². The van der Waals surface area contributed by atoms with Gasteiger partial charge in [0, 0.05) is 18.4 Å². The minimum Gasteiger partial charge on any atom is -0.475 e. The molecule has 0 aliphatic heterocycles. The van der Waals surface area contributed by atoms with E-state index in [2.05, 4.69) is 4.98 Å². The highest BCUT2D eigenvalue weighted by atomic mass is 16.7. The van der Waals surface area contributed by atoms with Gasteiger partial charge in [0.05, 0.1) is 5.52 Å². The average molecular weight is 309 g/mol. The molecule has 23 heavy (non-hydrogen) atoms. The first-order valence-electron chi connectivity index (χ1n) is 7.09. The SMILES string of the molecule is CC(Oc1ccccc1)(Oc1ccc2ccccc2n1)C(=O)O. The maximum absolute atomic E-state index is 11.6. The maximum Gasteiger partial charge on any atom is 0.390 e. The zero-order chi connectivity index (χ0) is 16.3. The Morgan fingerprint density at radius 3 is 2.39 bits per heavy atom. The summed E-state index contributed by atoms with van der Waals surface area (Å²) >= 11 is 0. The zero-order valence-corrected chi connectivity index (χ0v) is 12.5. The Hall–Kier alpha value is -3.08. The monoisotopic (exact) mass is 309 g/mol. The smallest absolute Gasteiger partial charge is 0.390 e. The minimum atomic E-state index is -1.88. The number of aliphatic carboxylic acids is 1. The number of hydrogen-bond acceptors (Lipinski definition) is 4. The van der Waals surface area contributed by atoms with Crippen LogP contribution in [0.15, 0.2) is 66.7 Å². The third kappa shape index (κ3) is 3.23. The normalized spacial score (nSPS) is 13.3. The molecular formula is C18H15NO4. The van der Waals surface area contributed by atoms with Crippen molar-refractivity contribution in [3.63, 3.8) is 0 Å². The fraction of sp³-hybridized carbons (Fsp3) is 0.111. The molecule has 1 heterocycles. The Morgan fingerprint density at radius 2 is 1.65 bits per heavy atom. The molecule has 0 aliphatic carbocycles. The zero-order valence-electron chi connectivity index (χ0n) is 12.5. The number of ether oxygens (including phenoxy) is 2. The second-order valence-electron chi connectivity index (χ2n) is 5.11. The van der Waals surface area contributed by atoms with Crippen LogP contribution in [0.3, 0.4) is 0 Å². The van der Waals surface area contributed by atoms with E-state index in [1.54, 1.807) is 30.3 Å². The topological polar surface area (TPSA) is 68.7 Å². The molecule has 5 nitrogen and oxygen atoms in total. The standard InChI is InChI=1S/C18H15NO4/c1-18(17(20)21,22-14-8-3-2-4-9-14)23-16-12-11-13-7-5-6-10-15(13)19-16/h2-12H,1H3,(H,20,21). The van der Waals surface area contributed by atoms with Gasteiger partial charge in [-0.25, -0.2) is 9.78 Å². The van der Waals surface area contributed by atoms with Crippen LogP contribution in [0, 0.1) is 0 Å². The highest BCUT2D eigenvalue weighted by Crippen LogP contribution is 2.24. The van der Waals surface area contributed by atoms with E-state index >= 15 is 0 Å². The van der Waals surface area contributed by atoms with Gasteiger partial charge in [-0.05, 0) is 24.3 Å². The molecule has 0 saturated heterocycles. The van der Waals surface area contributed by atoms with E-state index in [1.165, 1.54) is 6.92 Å². The number of para-hydroxylation sites is 2. The fourth-order valence-corrected chi connectivity index (χ4v) is 2.13. The minimum absolute atomic E-state index is 0.185. The molecule has 1 aromatic heterocycles. The Kier molecular flexibility index (Phi) is 3.85. The van der Waals surface area contributed by atoms with Crippen molar-refractivity contribution in [1.82, 2.24) is 4.98 Å². The Balaban J connectivity index is 1.90. The van der Waals surface area contributed by atoms with E-state index in [0.717, 1.165) is 10.9 Å². The summed E-state index contributed by atoms with van der Waals surface area (Å²) in [7, 11) is 0. The lowest BCUT2D eigenvalue weighted by Gasteiger charge is -2.26. The van der Waals surface area contributed by atoms with E-state index in [9.17, 15) is 9.90 Å². The lowest BCUT2D eigenvalue weighted by atomic mass is 10.2. The summed E-state index contributed by atoms with van der Waals surface area (Å²) < 4.78 is 11.1. The van der Waals surface area contributed by atoms with Crippen molar-refractivity contribution in [3.8, 4) is 11.6 Å². The number of carbonyl (C=O) groups is 1.